The number of rotatable bonds is 6. The Labute approximate surface area is 178 Å². The van der Waals surface area contributed by atoms with E-state index in [1.54, 1.807) is 12.1 Å². The van der Waals surface area contributed by atoms with Gasteiger partial charge in [0.15, 0.2) is 6.61 Å². The molecule has 1 aliphatic rings. The van der Waals surface area contributed by atoms with Crippen LogP contribution in [0.15, 0.2) is 41.3 Å². The smallest absolute Gasteiger partial charge is 0.262 e. The molecular formula is C18H17Cl3N2O4S. The topological polar surface area (TPSA) is 75.7 Å². The zero-order valence-electron chi connectivity index (χ0n) is 14.6. The van der Waals surface area contributed by atoms with E-state index in [0.29, 0.717) is 28.8 Å². The van der Waals surface area contributed by atoms with E-state index >= 15 is 0 Å². The van der Waals surface area contributed by atoms with Crippen molar-refractivity contribution < 1.29 is 17.9 Å². The van der Waals surface area contributed by atoms with Crippen molar-refractivity contribution in [2.45, 2.75) is 17.7 Å². The van der Waals surface area contributed by atoms with E-state index in [2.05, 4.69) is 5.32 Å². The number of halogens is 3. The molecule has 0 radical (unpaired) electrons. The molecule has 6 nitrogen and oxygen atoms in total. The van der Waals surface area contributed by atoms with Gasteiger partial charge in [-0.3, -0.25) is 4.79 Å². The van der Waals surface area contributed by atoms with Gasteiger partial charge in [-0.1, -0.05) is 34.8 Å². The van der Waals surface area contributed by atoms with Crippen LogP contribution in [0.3, 0.4) is 0 Å². The normalized spacial score (nSPS) is 14.8. The van der Waals surface area contributed by atoms with Crippen LogP contribution in [0.2, 0.25) is 15.1 Å². The Hall–Kier alpha value is -1.51. The minimum atomic E-state index is -3.57. The minimum Gasteiger partial charge on any atom is -0.482 e. The highest BCUT2D eigenvalue weighted by molar-refractivity contribution is 7.89. The molecule has 0 saturated carbocycles. The molecule has 0 aromatic heterocycles. The van der Waals surface area contributed by atoms with Gasteiger partial charge < -0.3 is 10.1 Å². The van der Waals surface area contributed by atoms with Crippen molar-refractivity contribution in [1.82, 2.24) is 4.31 Å². The van der Waals surface area contributed by atoms with Crippen LogP contribution < -0.4 is 10.1 Å². The average Bonchev–Trinajstić information content (AvgIpc) is 3.18. The quantitative estimate of drug-likeness (QED) is 0.687. The molecule has 150 valence electrons. The summed E-state index contributed by atoms with van der Waals surface area (Å²) in [5.41, 5.74) is 0.401. The number of nitrogens with one attached hydrogen (secondary N) is 1. The number of anilines is 1. The average molecular weight is 464 g/mol. The zero-order chi connectivity index (χ0) is 20.3. The highest BCUT2D eigenvalue weighted by Gasteiger charge is 2.27. The predicted octanol–water partition coefficient (Wildman–Crippen LogP) is 4.45. The molecule has 0 aliphatic carbocycles. The van der Waals surface area contributed by atoms with Gasteiger partial charge in [-0.05, 0) is 49.2 Å². The molecule has 2 aromatic carbocycles. The SMILES string of the molecule is O=C(COc1ccc(S(=O)(=O)N2CCCC2)cc1Cl)Nc1ccc(Cl)cc1Cl. The molecule has 1 N–H and O–H groups in total. The van der Waals surface area contributed by atoms with Crippen LogP contribution in [-0.4, -0.2) is 38.3 Å². The predicted molar refractivity (Wildman–Crippen MR) is 110 cm³/mol. The van der Waals surface area contributed by atoms with Crippen LogP contribution >= 0.6 is 34.8 Å². The van der Waals surface area contributed by atoms with Gasteiger partial charge in [-0.15, -0.1) is 0 Å². The molecule has 2 aromatic rings. The molecule has 0 spiro atoms. The van der Waals surface area contributed by atoms with Crippen LogP contribution in [0.5, 0.6) is 5.75 Å². The first-order valence-electron chi connectivity index (χ1n) is 8.45. The second kappa shape index (κ2) is 8.88. The van der Waals surface area contributed by atoms with Gasteiger partial charge in [0.1, 0.15) is 5.75 Å². The molecule has 0 atom stereocenters. The van der Waals surface area contributed by atoms with E-state index in [-0.39, 0.29) is 22.3 Å². The number of ether oxygens (including phenoxy) is 1. The molecule has 1 aliphatic heterocycles. The molecule has 0 bridgehead atoms. The number of nitrogens with zero attached hydrogens (tertiary/aromatic N) is 1. The Morgan fingerprint density at radius 3 is 2.39 bits per heavy atom. The molecule has 28 heavy (non-hydrogen) atoms. The lowest BCUT2D eigenvalue weighted by Crippen LogP contribution is -2.27. The largest absolute Gasteiger partial charge is 0.482 e. The zero-order valence-corrected chi connectivity index (χ0v) is 17.7. The lowest BCUT2D eigenvalue weighted by molar-refractivity contribution is -0.118. The Bertz CT molecular complexity index is 992. The van der Waals surface area contributed by atoms with Gasteiger partial charge in [-0.2, -0.15) is 4.31 Å². The Balaban J connectivity index is 1.64. The summed E-state index contributed by atoms with van der Waals surface area (Å²) in [4.78, 5) is 12.2. The first-order chi connectivity index (χ1) is 13.3. The van der Waals surface area contributed by atoms with E-state index in [1.165, 1.54) is 28.6 Å². The lowest BCUT2D eigenvalue weighted by atomic mass is 10.3. The Morgan fingerprint density at radius 1 is 1.04 bits per heavy atom. The highest BCUT2D eigenvalue weighted by atomic mass is 35.5. The summed E-state index contributed by atoms with van der Waals surface area (Å²) in [5.74, 6) is -0.242. The van der Waals surface area contributed by atoms with Crippen LogP contribution in [0.25, 0.3) is 0 Å². The van der Waals surface area contributed by atoms with Crippen molar-refractivity contribution in [3.05, 3.63) is 51.5 Å². The van der Waals surface area contributed by atoms with Crippen LogP contribution in [0, 0.1) is 0 Å². The maximum atomic E-state index is 12.6. The summed E-state index contributed by atoms with van der Waals surface area (Å²) in [5, 5.41) is 3.46. The first-order valence-corrected chi connectivity index (χ1v) is 11.0. The summed E-state index contributed by atoms with van der Waals surface area (Å²) in [6.45, 7) is 0.689. The van der Waals surface area contributed by atoms with Crippen LogP contribution in [0.4, 0.5) is 5.69 Å². The number of carbonyl (C=O) groups is 1. The molecule has 1 amide bonds. The minimum absolute atomic E-state index is 0.101. The number of hydrogen-bond donors (Lipinski definition) is 1. The van der Waals surface area contributed by atoms with E-state index < -0.39 is 15.9 Å². The molecular weight excluding hydrogens is 447 g/mol. The third-order valence-electron chi connectivity index (χ3n) is 4.17. The monoisotopic (exact) mass is 462 g/mol. The standard InChI is InChI=1S/C18H17Cl3N2O4S/c19-12-3-5-16(14(20)9-12)22-18(24)11-27-17-6-4-13(10-15(17)21)28(25,26)23-7-1-2-8-23/h3-6,9-10H,1-2,7-8,11H2,(H,22,24). The van der Waals surface area contributed by atoms with Gasteiger partial charge in [-0.25, -0.2) is 8.42 Å². The molecule has 3 rings (SSSR count). The second-order valence-corrected chi connectivity index (χ2v) is 9.35. The summed E-state index contributed by atoms with van der Waals surface area (Å²) >= 11 is 18.0. The molecule has 1 saturated heterocycles. The fraction of sp³-hybridized carbons (Fsp3) is 0.278. The summed E-state index contributed by atoms with van der Waals surface area (Å²) in [6, 6.07) is 8.87. The maximum Gasteiger partial charge on any atom is 0.262 e. The molecule has 1 heterocycles. The third kappa shape index (κ3) is 4.90. The number of hydrogen-bond acceptors (Lipinski definition) is 4. The molecule has 10 heteroatoms. The van der Waals surface area contributed by atoms with E-state index in [9.17, 15) is 13.2 Å². The molecule has 1 fully saturated rings. The van der Waals surface area contributed by atoms with Crippen LogP contribution in [0.1, 0.15) is 12.8 Å². The number of amides is 1. The second-order valence-electron chi connectivity index (χ2n) is 6.16. The van der Waals surface area contributed by atoms with E-state index in [0.717, 1.165) is 12.8 Å². The van der Waals surface area contributed by atoms with Gasteiger partial charge in [0.05, 0.1) is 20.6 Å². The summed E-state index contributed by atoms with van der Waals surface area (Å²) in [7, 11) is -3.57. The maximum absolute atomic E-state index is 12.6. The van der Waals surface area contributed by atoms with Crippen molar-refractivity contribution in [2.75, 3.05) is 25.0 Å². The van der Waals surface area contributed by atoms with Gasteiger partial charge in [0, 0.05) is 18.1 Å². The van der Waals surface area contributed by atoms with Crippen molar-refractivity contribution in [2.24, 2.45) is 0 Å². The van der Waals surface area contributed by atoms with E-state index in [1.807, 2.05) is 0 Å². The van der Waals surface area contributed by atoms with Crippen molar-refractivity contribution in [3.63, 3.8) is 0 Å². The summed E-state index contributed by atoms with van der Waals surface area (Å²) < 4.78 is 32.0. The number of sulfonamides is 1. The van der Waals surface area contributed by atoms with Gasteiger partial charge in [0.25, 0.3) is 5.91 Å². The third-order valence-corrected chi connectivity index (χ3v) is 6.91. The highest BCUT2D eigenvalue weighted by Crippen LogP contribution is 2.30. The number of carbonyl (C=O) groups excluding carboxylic acids is 1. The Kier molecular flexibility index (Phi) is 6.73. The van der Waals surface area contributed by atoms with E-state index in [4.69, 9.17) is 39.5 Å². The van der Waals surface area contributed by atoms with Crippen molar-refractivity contribution in [1.29, 1.82) is 0 Å². The van der Waals surface area contributed by atoms with Gasteiger partial charge >= 0.3 is 0 Å². The Morgan fingerprint density at radius 2 is 1.75 bits per heavy atom. The van der Waals surface area contributed by atoms with Crippen molar-refractivity contribution in [3.8, 4) is 5.75 Å². The number of benzene rings is 2. The van der Waals surface area contributed by atoms with Gasteiger partial charge in [0.2, 0.25) is 10.0 Å². The lowest BCUT2D eigenvalue weighted by Gasteiger charge is -2.16. The van der Waals surface area contributed by atoms with Crippen LogP contribution in [-0.2, 0) is 14.8 Å². The first kappa shape index (κ1) is 21.2. The summed E-state index contributed by atoms with van der Waals surface area (Å²) in [6.07, 6.45) is 1.70. The molecule has 0 unspecified atom stereocenters. The fourth-order valence-corrected chi connectivity index (χ4v) is 5.06. The van der Waals surface area contributed by atoms with Crippen molar-refractivity contribution >= 4 is 56.4 Å². The fourth-order valence-electron chi connectivity index (χ4n) is 2.76.